The van der Waals surface area contributed by atoms with Gasteiger partial charge >= 0.3 is 0 Å². The van der Waals surface area contributed by atoms with Crippen LogP contribution in [0.1, 0.15) is 67.2 Å². The van der Waals surface area contributed by atoms with Gasteiger partial charge in [-0.2, -0.15) is 0 Å². The summed E-state index contributed by atoms with van der Waals surface area (Å²) in [5.74, 6) is 1.79. The van der Waals surface area contributed by atoms with E-state index in [1.807, 2.05) is 13.8 Å². The molecule has 1 aliphatic heterocycles. The van der Waals surface area contributed by atoms with E-state index < -0.39 is 5.79 Å². The molecule has 0 bridgehead atoms. The zero-order valence-corrected chi connectivity index (χ0v) is 13.0. The molecule has 2 heteroatoms. The Morgan fingerprint density at radius 3 is 2.50 bits per heavy atom. The Labute approximate surface area is 112 Å². The number of fused-ring (bicyclic) bond motifs is 1. The zero-order valence-electron chi connectivity index (χ0n) is 13.0. The minimum Gasteiger partial charge on any atom is -0.344 e. The van der Waals surface area contributed by atoms with Crippen LogP contribution in [0.4, 0.5) is 0 Å². The van der Waals surface area contributed by atoms with Gasteiger partial charge in [-0.1, -0.05) is 33.6 Å². The quantitative estimate of drug-likeness (QED) is 0.744. The van der Waals surface area contributed by atoms with Crippen molar-refractivity contribution < 1.29 is 9.47 Å². The monoisotopic (exact) mass is 254 g/mol. The van der Waals surface area contributed by atoms with Crippen LogP contribution in [0.3, 0.4) is 0 Å². The highest BCUT2D eigenvalue weighted by Gasteiger charge is 2.56. The maximum Gasteiger partial charge on any atom is 0.164 e. The van der Waals surface area contributed by atoms with E-state index in [0.29, 0.717) is 5.92 Å². The predicted octanol–water partition coefficient (Wildman–Crippen LogP) is 4.38. The summed E-state index contributed by atoms with van der Waals surface area (Å²) in [5, 5.41) is 0. The number of hydrogen-bond donors (Lipinski definition) is 0. The molecule has 1 heterocycles. The van der Waals surface area contributed by atoms with Crippen LogP contribution >= 0.6 is 0 Å². The summed E-state index contributed by atoms with van der Waals surface area (Å²) in [6.07, 6.45) is 5.36. The molecule has 0 radical (unpaired) electrons. The molecule has 2 aliphatic rings. The lowest BCUT2D eigenvalue weighted by molar-refractivity contribution is -0.168. The Hall–Kier alpha value is -0.0800. The van der Waals surface area contributed by atoms with E-state index in [4.69, 9.17) is 9.47 Å². The summed E-state index contributed by atoms with van der Waals surface area (Å²) < 4.78 is 12.4. The van der Waals surface area contributed by atoms with Crippen LogP contribution in [0.2, 0.25) is 0 Å². The first-order chi connectivity index (χ1) is 8.28. The Balaban J connectivity index is 2.10. The van der Waals surface area contributed by atoms with Crippen LogP contribution in [-0.4, -0.2) is 17.5 Å². The normalized spacial score (nSPS) is 44.7. The largest absolute Gasteiger partial charge is 0.344 e. The van der Waals surface area contributed by atoms with Crippen molar-refractivity contribution in [1.29, 1.82) is 0 Å². The van der Waals surface area contributed by atoms with E-state index in [1.165, 1.54) is 25.7 Å². The molecule has 106 valence electrons. The molecule has 2 rings (SSSR count). The third-order valence-electron chi connectivity index (χ3n) is 5.23. The van der Waals surface area contributed by atoms with Gasteiger partial charge in [-0.3, -0.25) is 0 Å². The first kappa shape index (κ1) is 14.3. The lowest BCUT2D eigenvalue weighted by atomic mass is 9.67. The molecule has 0 aromatic heterocycles. The van der Waals surface area contributed by atoms with E-state index in [0.717, 1.165) is 11.8 Å². The van der Waals surface area contributed by atoms with E-state index in [9.17, 15) is 0 Å². The van der Waals surface area contributed by atoms with Crippen LogP contribution in [0.15, 0.2) is 0 Å². The Kier molecular flexibility index (Phi) is 3.81. The van der Waals surface area contributed by atoms with Crippen LogP contribution < -0.4 is 0 Å². The van der Waals surface area contributed by atoms with E-state index in [1.54, 1.807) is 0 Å². The average Bonchev–Trinajstić information content (AvgIpc) is 2.49. The van der Waals surface area contributed by atoms with Gasteiger partial charge in [0.15, 0.2) is 5.79 Å². The summed E-state index contributed by atoms with van der Waals surface area (Å²) in [7, 11) is 0. The van der Waals surface area contributed by atoms with Crippen molar-refractivity contribution in [2.45, 2.75) is 84.7 Å². The molecule has 1 aliphatic carbocycles. The fourth-order valence-corrected chi connectivity index (χ4v) is 3.99. The smallest absolute Gasteiger partial charge is 0.164 e. The van der Waals surface area contributed by atoms with Crippen LogP contribution in [0, 0.1) is 17.8 Å². The Morgan fingerprint density at radius 2 is 1.89 bits per heavy atom. The first-order valence-electron chi connectivity index (χ1n) is 7.66. The molecule has 1 saturated carbocycles. The molecule has 0 aromatic carbocycles. The van der Waals surface area contributed by atoms with Crippen molar-refractivity contribution in [2.24, 2.45) is 17.8 Å². The van der Waals surface area contributed by atoms with E-state index >= 15 is 0 Å². The Morgan fingerprint density at radius 1 is 1.22 bits per heavy atom. The number of ether oxygens (including phenoxy) is 2. The molecule has 0 amide bonds. The van der Waals surface area contributed by atoms with Gasteiger partial charge in [0.1, 0.15) is 0 Å². The van der Waals surface area contributed by atoms with Crippen molar-refractivity contribution in [3.63, 3.8) is 0 Å². The standard InChI is InChI=1S/C16H30O2/c1-7-8-11(2)13-9-12(3)16(6)14(10-13)17-15(4,5)18-16/h11-14H,7-10H2,1-6H3/t11-,12-,13+,14-,16-/m1/s1. The maximum atomic E-state index is 6.22. The highest BCUT2D eigenvalue weighted by molar-refractivity contribution is 5.01. The molecule has 2 nitrogen and oxygen atoms in total. The molecule has 0 aromatic rings. The maximum absolute atomic E-state index is 6.22. The van der Waals surface area contributed by atoms with Gasteiger partial charge in [-0.25, -0.2) is 0 Å². The van der Waals surface area contributed by atoms with Crippen molar-refractivity contribution in [2.75, 3.05) is 0 Å². The molecule has 0 N–H and O–H groups in total. The molecule has 5 atom stereocenters. The summed E-state index contributed by atoms with van der Waals surface area (Å²) in [4.78, 5) is 0. The summed E-state index contributed by atoms with van der Waals surface area (Å²) in [6, 6.07) is 0. The van der Waals surface area contributed by atoms with Crippen LogP contribution in [0.5, 0.6) is 0 Å². The first-order valence-corrected chi connectivity index (χ1v) is 7.66. The third kappa shape index (κ3) is 2.46. The van der Waals surface area contributed by atoms with Gasteiger partial charge in [0.25, 0.3) is 0 Å². The number of rotatable bonds is 3. The molecule has 18 heavy (non-hydrogen) atoms. The molecule has 1 saturated heterocycles. The van der Waals surface area contributed by atoms with Gasteiger partial charge in [0, 0.05) is 0 Å². The lowest BCUT2D eigenvalue weighted by Gasteiger charge is -2.44. The van der Waals surface area contributed by atoms with Crippen molar-refractivity contribution in [3.05, 3.63) is 0 Å². The predicted molar refractivity (Wildman–Crippen MR) is 74.4 cm³/mol. The summed E-state index contributed by atoms with van der Waals surface area (Å²) >= 11 is 0. The van der Waals surface area contributed by atoms with Crippen LogP contribution in [-0.2, 0) is 9.47 Å². The van der Waals surface area contributed by atoms with Crippen molar-refractivity contribution in [1.82, 2.24) is 0 Å². The topological polar surface area (TPSA) is 18.5 Å². The molecular weight excluding hydrogens is 224 g/mol. The summed E-state index contributed by atoms with van der Waals surface area (Å²) in [5.41, 5.74) is -0.0774. The second-order valence-electron chi connectivity index (χ2n) is 7.19. The highest BCUT2D eigenvalue weighted by atomic mass is 16.8. The van der Waals surface area contributed by atoms with Crippen LogP contribution in [0.25, 0.3) is 0 Å². The summed E-state index contributed by atoms with van der Waals surface area (Å²) in [6.45, 7) is 13.4. The van der Waals surface area contributed by atoms with Gasteiger partial charge < -0.3 is 9.47 Å². The van der Waals surface area contributed by atoms with E-state index in [-0.39, 0.29) is 11.7 Å². The van der Waals surface area contributed by atoms with Crippen molar-refractivity contribution >= 4 is 0 Å². The lowest BCUT2D eigenvalue weighted by Crippen LogP contribution is -2.49. The van der Waals surface area contributed by atoms with E-state index in [2.05, 4.69) is 27.7 Å². The second kappa shape index (κ2) is 4.79. The highest BCUT2D eigenvalue weighted by Crippen LogP contribution is 2.50. The zero-order chi connectivity index (χ0) is 13.6. The molecular formula is C16H30O2. The van der Waals surface area contributed by atoms with Gasteiger partial charge in [-0.05, 0) is 51.4 Å². The molecule has 2 fully saturated rings. The van der Waals surface area contributed by atoms with Crippen molar-refractivity contribution in [3.8, 4) is 0 Å². The minimum atomic E-state index is -0.406. The van der Waals surface area contributed by atoms with Gasteiger partial charge in [0.05, 0.1) is 11.7 Å². The van der Waals surface area contributed by atoms with Gasteiger partial charge in [-0.15, -0.1) is 0 Å². The molecule has 0 spiro atoms. The fraction of sp³-hybridized carbons (Fsp3) is 1.00. The van der Waals surface area contributed by atoms with Gasteiger partial charge in [0.2, 0.25) is 0 Å². The third-order valence-corrected chi connectivity index (χ3v) is 5.23. The Bertz CT molecular complexity index is 299. The average molecular weight is 254 g/mol. The SMILES string of the molecule is CCC[C@@H](C)[C@H]1C[C@@H](C)[C@@]2(C)OC(C)(C)O[C@@H]2C1. The minimum absolute atomic E-state index is 0.0774. The fourth-order valence-electron chi connectivity index (χ4n) is 3.99. The second-order valence-corrected chi connectivity index (χ2v) is 7.19. The number of hydrogen-bond acceptors (Lipinski definition) is 2. The molecule has 0 unspecified atom stereocenters.